The van der Waals surface area contributed by atoms with Gasteiger partial charge in [0.25, 0.3) is 5.91 Å². The summed E-state index contributed by atoms with van der Waals surface area (Å²) in [4.78, 5) is 17.2. The molecule has 1 saturated heterocycles. The summed E-state index contributed by atoms with van der Waals surface area (Å²) in [7, 11) is 0. The van der Waals surface area contributed by atoms with Crippen LogP contribution in [0.3, 0.4) is 0 Å². The molecule has 0 saturated carbocycles. The van der Waals surface area contributed by atoms with E-state index in [2.05, 4.69) is 61.0 Å². The van der Waals surface area contributed by atoms with Crippen molar-refractivity contribution in [2.75, 3.05) is 26.2 Å². The summed E-state index contributed by atoms with van der Waals surface area (Å²) < 4.78 is 0. The number of H-pyrrole nitrogens is 1. The number of carbonyl (C=O) groups is 1. The molecule has 1 aliphatic rings. The Hall–Kier alpha value is -2.14. The maximum absolute atomic E-state index is 12.8. The zero-order valence-electron chi connectivity index (χ0n) is 16.4. The van der Waals surface area contributed by atoms with Crippen LogP contribution in [0, 0.1) is 13.8 Å². The number of piperazine rings is 1. The van der Waals surface area contributed by atoms with Crippen molar-refractivity contribution in [2.45, 2.75) is 46.6 Å². The van der Waals surface area contributed by atoms with Crippen LogP contribution in [-0.2, 0) is 0 Å². The van der Waals surface area contributed by atoms with Crippen LogP contribution in [0.5, 0.6) is 0 Å². The number of hydrogen-bond donors (Lipinski definition) is 1. The van der Waals surface area contributed by atoms with Gasteiger partial charge in [0.2, 0.25) is 0 Å². The molecule has 0 unspecified atom stereocenters. The lowest BCUT2D eigenvalue weighted by Crippen LogP contribution is -2.51. The number of benzene rings is 1. The van der Waals surface area contributed by atoms with Gasteiger partial charge < -0.3 is 4.90 Å². The van der Waals surface area contributed by atoms with Gasteiger partial charge in [-0.1, -0.05) is 37.1 Å². The molecule has 2 aromatic rings. The molecular formula is C21H30N4O. The smallest absolute Gasteiger partial charge is 0.271 e. The van der Waals surface area contributed by atoms with E-state index >= 15 is 0 Å². The van der Waals surface area contributed by atoms with E-state index in [1.807, 2.05) is 11.0 Å². The molecule has 1 aliphatic heterocycles. The van der Waals surface area contributed by atoms with Crippen molar-refractivity contribution in [3.63, 3.8) is 0 Å². The Balaban J connectivity index is 1.66. The van der Waals surface area contributed by atoms with E-state index in [-0.39, 0.29) is 5.91 Å². The first kappa shape index (κ1) is 18.6. The molecule has 2 heterocycles. The minimum absolute atomic E-state index is 0.0521. The number of aromatic nitrogens is 2. The second-order valence-electron chi connectivity index (χ2n) is 7.45. The van der Waals surface area contributed by atoms with Crippen LogP contribution in [0.1, 0.15) is 48.3 Å². The Morgan fingerprint density at radius 3 is 2.58 bits per heavy atom. The first-order valence-electron chi connectivity index (χ1n) is 9.66. The number of aryl methyl sites for hydroxylation is 2. The van der Waals surface area contributed by atoms with Gasteiger partial charge in [0.05, 0.1) is 5.69 Å². The lowest BCUT2D eigenvalue weighted by atomic mass is 10.0. The fraction of sp³-hybridized carbons (Fsp3) is 0.524. The highest BCUT2D eigenvalue weighted by atomic mass is 16.2. The third-order valence-corrected chi connectivity index (χ3v) is 5.40. The molecule has 3 rings (SSSR count). The molecule has 1 amide bonds. The predicted octanol–water partition coefficient (Wildman–Crippen LogP) is 3.64. The van der Waals surface area contributed by atoms with Gasteiger partial charge in [-0.2, -0.15) is 5.10 Å². The van der Waals surface area contributed by atoms with Crippen molar-refractivity contribution in [1.29, 1.82) is 0 Å². The van der Waals surface area contributed by atoms with Crippen molar-refractivity contribution in [2.24, 2.45) is 0 Å². The third-order valence-electron chi connectivity index (χ3n) is 5.40. The van der Waals surface area contributed by atoms with Crippen LogP contribution in [-0.4, -0.2) is 58.1 Å². The second kappa shape index (κ2) is 8.04. The van der Waals surface area contributed by atoms with E-state index in [0.717, 1.165) is 37.4 Å². The number of hydrogen-bond acceptors (Lipinski definition) is 3. The number of amides is 1. The molecule has 1 fully saturated rings. The van der Waals surface area contributed by atoms with Gasteiger partial charge in [0, 0.05) is 37.8 Å². The Morgan fingerprint density at radius 2 is 1.92 bits per heavy atom. The quantitative estimate of drug-likeness (QED) is 0.892. The summed E-state index contributed by atoms with van der Waals surface area (Å²) in [5.74, 6) is 0.0521. The minimum atomic E-state index is 0.0521. The van der Waals surface area contributed by atoms with Crippen molar-refractivity contribution < 1.29 is 4.79 Å². The second-order valence-corrected chi connectivity index (χ2v) is 7.45. The maximum atomic E-state index is 12.8. The summed E-state index contributed by atoms with van der Waals surface area (Å²) in [5.41, 5.74) is 4.89. The van der Waals surface area contributed by atoms with Crippen LogP contribution in [0.2, 0.25) is 0 Å². The highest BCUT2D eigenvalue weighted by Gasteiger charge is 2.25. The number of rotatable bonds is 5. The van der Waals surface area contributed by atoms with E-state index in [9.17, 15) is 4.79 Å². The normalized spacial score (nSPS) is 16.7. The standard InChI is InChI=1S/C21H30N4O/c1-5-6-17(4)24-9-11-25(12-10-24)21(26)20-14-19(22-23-20)18-8-7-15(2)13-16(18)3/h7-8,13-14,17H,5-6,9-12H2,1-4H3,(H,22,23)/t17-/m0/s1. The largest absolute Gasteiger partial charge is 0.335 e. The number of nitrogens with zero attached hydrogens (tertiary/aromatic N) is 3. The third kappa shape index (κ3) is 3.98. The highest BCUT2D eigenvalue weighted by molar-refractivity contribution is 5.93. The summed E-state index contributed by atoms with van der Waals surface area (Å²) in [6.07, 6.45) is 2.42. The number of aromatic amines is 1. The van der Waals surface area contributed by atoms with Gasteiger partial charge in [-0.25, -0.2) is 0 Å². The minimum Gasteiger partial charge on any atom is -0.335 e. The zero-order chi connectivity index (χ0) is 18.7. The Kier molecular flexibility index (Phi) is 5.77. The van der Waals surface area contributed by atoms with Crippen molar-refractivity contribution in [3.8, 4) is 11.3 Å². The summed E-state index contributed by atoms with van der Waals surface area (Å²) in [6.45, 7) is 12.1. The van der Waals surface area contributed by atoms with Crippen molar-refractivity contribution in [1.82, 2.24) is 20.0 Å². The molecule has 1 N–H and O–H groups in total. The van der Waals surface area contributed by atoms with Gasteiger partial charge >= 0.3 is 0 Å². The highest BCUT2D eigenvalue weighted by Crippen LogP contribution is 2.23. The van der Waals surface area contributed by atoms with Gasteiger partial charge in [-0.05, 0) is 38.8 Å². The molecule has 140 valence electrons. The fourth-order valence-corrected chi connectivity index (χ4v) is 3.81. The van der Waals surface area contributed by atoms with Gasteiger partial charge in [0.15, 0.2) is 0 Å². The average molecular weight is 354 g/mol. The van der Waals surface area contributed by atoms with Crippen molar-refractivity contribution in [3.05, 3.63) is 41.1 Å². The van der Waals surface area contributed by atoms with E-state index in [1.165, 1.54) is 24.0 Å². The lowest BCUT2D eigenvalue weighted by Gasteiger charge is -2.37. The Bertz CT molecular complexity index is 759. The molecule has 0 bridgehead atoms. The van der Waals surface area contributed by atoms with Crippen LogP contribution in [0.4, 0.5) is 0 Å². The maximum Gasteiger partial charge on any atom is 0.271 e. The monoisotopic (exact) mass is 354 g/mol. The van der Waals surface area contributed by atoms with E-state index in [1.54, 1.807) is 0 Å². The summed E-state index contributed by atoms with van der Waals surface area (Å²) in [5, 5.41) is 7.32. The molecule has 1 atom stereocenters. The molecule has 0 radical (unpaired) electrons. The molecule has 0 spiro atoms. The topological polar surface area (TPSA) is 52.2 Å². The zero-order valence-corrected chi connectivity index (χ0v) is 16.4. The molecule has 1 aromatic carbocycles. The molecule has 0 aliphatic carbocycles. The lowest BCUT2D eigenvalue weighted by molar-refractivity contribution is 0.0569. The molecule has 5 nitrogen and oxygen atoms in total. The molecule has 26 heavy (non-hydrogen) atoms. The van der Waals surface area contributed by atoms with Gasteiger partial charge in [0.1, 0.15) is 5.69 Å². The van der Waals surface area contributed by atoms with Crippen LogP contribution in [0.15, 0.2) is 24.3 Å². The first-order chi connectivity index (χ1) is 12.5. The number of carbonyl (C=O) groups excluding carboxylic acids is 1. The predicted molar refractivity (Wildman–Crippen MR) is 105 cm³/mol. The van der Waals surface area contributed by atoms with E-state index in [0.29, 0.717) is 11.7 Å². The van der Waals surface area contributed by atoms with E-state index < -0.39 is 0 Å². The Labute approximate surface area is 156 Å². The average Bonchev–Trinajstić information content (AvgIpc) is 3.11. The van der Waals surface area contributed by atoms with Crippen LogP contribution < -0.4 is 0 Å². The van der Waals surface area contributed by atoms with Crippen LogP contribution in [0.25, 0.3) is 11.3 Å². The summed E-state index contributed by atoms with van der Waals surface area (Å²) >= 11 is 0. The van der Waals surface area contributed by atoms with E-state index in [4.69, 9.17) is 0 Å². The van der Waals surface area contributed by atoms with Gasteiger partial charge in [-0.3, -0.25) is 14.8 Å². The first-order valence-corrected chi connectivity index (χ1v) is 9.66. The molecule has 5 heteroatoms. The summed E-state index contributed by atoms with van der Waals surface area (Å²) in [6, 6.07) is 8.77. The SMILES string of the molecule is CCC[C@H](C)N1CCN(C(=O)c2cc(-c3ccc(C)cc3C)n[nH]2)CC1. The van der Waals surface area contributed by atoms with Gasteiger partial charge in [-0.15, -0.1) is 0 Å². The Morgan fingerprint density at radius 1 is 1.19 bits per heavy atom. The fourth-order valence-electron chi connectivity index (χ4n) is 3.81. The number of nitrogens with one attached hydrogen (secondary N) is 1. The molecular weight excluding hydrogens is 324 g/mol. The van der Waals surface area contributed by atoms with Crippen LogP contribution >= 0.6 is 0 Å². The molecule has 1 aromatic heterocycles. The van der Waals surface area contributed by atoms with Crippen molar-refractivity contribution >= 4 is 5.91 Å².